The molecule has 3 heteroatoms. The molecule has 0 aliphatic heterocycles. The third kappa shape index (κ3) is 1.25. The minimum Gasteiger partial charge on any atom is -0.496 e. The van der Waals surface area contributed by atoms with E-state index in [1.165, 1.54) is 5.56 Å². The fourth-order valence-corrected chi connectivity index (χ4v) is 1.64. The van der Waals surface area contributed by atoms with Crippen LogP contribution in [0.15, 0.2) is 18.3 Å². The van der Waals surface area contributed by atoms with Gasteiger partial charge in [0.05, 0.1) is 24.2 Å². The fraction of sp³-hybridized carbons (Fsp3) is 0.364. The third-order valence-electron chi connectivity index (χ3n) is 2.52. The van der Waals surface area contributed by atoms with Crippen LogP contribution < -0.4 is 4.74 Å². The van der Waals surface area contributed by atoms with E-state index < -0.39 is 0 Å². The minimum absolute atomic E-state index is 0.910. The maximum absolute atomic E-state index is 5.33. The molecule has 0 unspecified atom stereocenters. The standard InChI is InChI=1S/C11H14N2O/c1-4-8-5-10-9(7-12-13(10)2)11(6-8)14-3/h5-7H,4H2,1-3H3. The Morgan fingerprint density at radius 3 is 2.86 bits per heavy atom. The van der Waals surface area contributed by atoms with Gasteiger partial charge in [0, 0.05) is 7.05 Å². The van der Waals surface area contributed by atoms with Gasteiger partial charge < -0.3 is 4.74 Å². The van der Waals surface area contributed by atoms with E-state index >= 15 is 0 Å². The van der Waals surface area contributed by atoms with Gasteiger partial charge in [0.15, 0.2) is 0 Å². The molecule has 74 valence electrons. The van der Waals surface area contributed by atoms with Gasteiger partial charge in [-0.3, -0.25) is 4.68 Å². The number of aryl methyl sites for hydroxylation is 2. The van der Waals surface area contributed by atoms with Gasteiger partial charge in [0.1, 0.15) is 5.75 Å². The van der Waals surface area contributed by atoms with Crippen molar-refractivity contribution in [3.05, 3.63) is 23.9 Å². The summed E-state index contributed by atoms with van der Waals surface area (Å²) in [5, 5.41) is 5.29. The van der Waals surface area contributed by atoms with Gasteiger partial charge in [-0.25, -0.2) is 0 Å². The van der Waals surface area contributed by atoms with Crippen LogP contribution >= 0.6 is 0 Å². The molecule has 0 amide bonds. The third-order valence-corrected chi connectivity index (χ3v) is 2.52. The number of ether oxygens (including phenoxy) is 1. The number of rotatable bonds is 2. The molecule has 14 heavy (non-hydrogen) atoms. The highest BCUT2D eigenvalue weighted by Crippen LogP contribution is 2.26. The smallest absolute Gasteiger partial charge is 0.130 e. The average Bonchev–Trinajstić information content (AvgIpc) is 2.59. The molecule has 3 nitrogen and oxygen atoms in total. The predicted molar refractivity (Wildman–Crippen MR) is 56.6 cm³/mol. The van der Waals surface area contributed by atoms with Gasteiger partial charge in [-0.15, -0.1) is 0 Å². The van der Waals surface area contributed by atoms with E-state index in [-0.39, 0.29) is 0 Å². The maximum atomic E-state index is 5.33. The molecule has 0 spiro atoms. The highest BCUT2D eigenvalue weighted by molar-refractivity contribution is 5.86. The van der Waals surface area contributed by atoms with Gasteiger partial charge in [0.2, 0.25) is 0 Å². The predicted octanol–water partition coefficient (Wildman–Crippen LogP) is 2.14. The van der Waals surface area contributed by atoms with Crippen molar-refractivity contribution in [2.45, 2.75) is 13.3 Å². The largest absolute Gasteiger partial charge is 0.496 e. The van der Waals surface area contributed by atoms with Gasteiger partial charge >= 0.3 is 0 Å². The molecule has 0 saturated heterocycles. The van der Waals surface area contributed by atoms with Crippen LogP contribution in [0.25, 0.3) is 10.9 Å². The molecule has 1 aromatic carbocycles. The zero-order valence-corrected chi connectivity index (χ0v) is 8.74. The summed E-state index contributed by atoms with van der Waals surface area (Å²) in [4.78, 5) is 0. The molecule has 1 heterocycles. The van der Waals surface area contributed by atoms with E-state index in [0.717, 1.165) is 23.1 Å². The molecule has 0 saturated carbocycles. The number of methoxy groups -OCH3 is 1. The average molecular weight is 190 g/mol. The van der Waals surface area contributed by atoms with E-state index in [1.807, 2.05) is 17.9 Å². The van der Waals surface area contributed by atoms with E-state index in [0.29, 0.717) is 0 Å². The van der Waals surface area contributed by atoms with E-state index in [1.54, 1.807) is 7.11 Å². The van der Waals surface area contributed by atoms with Gasteiger partial charge in [-0.2, -0.15) is 5.10 Å². The Morgan fingerprint density at radius 2 is 2.21 bits per heavy atom. The second-order valence-electron chi connectivity index (χ2n) is 3.35. The van der Waals surface area contributed by atoms with Crippen LogP contribution in [0.5, 0.6) is 5.75 Å². The zero-order chi connectivity index (χ0) is 10.1. The SMILES string of the molecule is CCc1cc(OC)c2cnn(C)c2c1. The normalized spacial score (nSPS) is 10.8. The van der Waals surface area contributed by atoms with Crippen molar-refractivity contribution in [3.63, 3.8) is 0 Å². The highest BCUT2D eigenvalue weighted by atomic mass is 16.5. The fourth-order valence-electron chi connectivity index (χ4n) is 1.64. The molecule has 0 N–H and O–H groups in total. The van der Waals surface area contributed by atoms with Crippen molar-refractivity contribution < 1.29 is 4.74 Å². The lowest BCUT2D eigenvalue weighted by Crippen LogP contribution is -1.92. The van der Waals surface area contributed by atoms with Crippen molar-refractivity contribution in [1.82, 2.24) is 9.78 Å². The van der Waals surface area contributed by atoms with Gasteiger partial charge in [-0.05, 0) is 24.1 Å². The quantitative estimate of drug-likeness (QED) is 0.725. The van der Waals surface area contributed by atoms with Crippen LogP contribution in [-0.2, 0) is 13.5 Å². The van der Waals surface area contributed by atoms with Gasteiger partial charge in [0.25, 0.3) is 0 Å². The molecular weight excluding hydrogens is 176 g/mol. The summed E-state index contributed by atoms with van der Waals surface area (Å²) in [7, 11) is 3.64. The van der Waals surface area contributed by atoms with E-state index in [2.05, 4.69) is 24.2 Å². The maximum Gasteiger partial charge on any atom is 0.130 e. The van der Waals surface area contributed by atoms with Crippen LogP contribution in [0.3, 0.4) is 0 Å². The molecule has 0 aliphatic rings. The zero-order valence-electron chi connectivity index (χ0n) is 8.74. The molecule has 0 aliphatic carbocycles. The molecule has 1 aromatic heterocycles. The summed E-state index contributed by atoms with van der Waals surface area (Å²) in [6.07, 6.45) is 2.85. The molecule has 0 bridgehead atoms. The molecule has 0 atom stereocenters. The highest BCUT2D eigenvalue weighted by Gasteiger charge is 2.07. The lowest BCUT2D eigenvalue weighted by atomic mass is 10.1. The van der Waals surface area contributed by atoms with Crippen molar-refractivity contribution in [2.75, 3.05) is 7.11 Å². The molecule has 2 rings (SSSR count). The molecule has 0 radical (unpaired) electrons. The van der Waals surface area contributed by atoms with Gasteiger partial charge in [-0.1, -0.05) is 6.92 Å². The number of benzene rings is 1. The molecule has 2 aromatic rings. The Kier molecular flexibility index (Phi) is 2.15. The first-order chi connectivity index (χ1) is 6.76. The van der Waals surface area contributed by atoms with Crippen LogP contribution in [0, 0.1) is 0 Å². The number of hydrogen-bond acceptors (Lipinski definition) is 2. The van der Waals surface area contributed by atoms with Crippen LogP contribution in [0.1, 0.15) is 12.5 Å². The lowest BCUT2D eigenvalue weighted by Gasteiger charge is -2.05. The Morgan fingerprint density at radius 1 is 1.43 bits per heavy atom. The Balaban J connectivity index is 2.76. The Labute approximate surface area is 83.3 Å². The van der Waals surface area contributed by atoms with E-state index in [9.17, 15) is 0 Å². The minimum atomic E-state index is 0.910. The lowest BCUT2D eigenvalue weighted by molar-refractivity contribution is 0.419. The number of fused-ring (bicyclic) bond motifs is 1. The Bertz CT molecular complexity index is 460. The second kappa shape index (κ2) is 3.33. The topological polar surface area (TPSA) is 27.1 Å². The van der Waals surface area contributed by atoms with Crippen LogP contribution in [0.4, 0.5) is 0 Å². The molecular formula is C11H14N2O. The number of hydrogen-bond donors (Lipinski definition) is 0. The summed E-state index contributed by atoms with van der Waals surface area (Å²) >= 11 is 0. The monoisotopic (exact) mass is 190 g/mol. The first kappa shape index (κ1) is 9.06. The Hall–Kier alpha value is -1.51. The second-order valence-corrected chi connectivity index (χ2v) is 3.35. The summed E-state index contributed by atoms with van der Waals surface area (Å²) in [6.45, 7) is 2.14. The summed E-state index contributed by atoms with van der Waals surface area (Å²) in [5.41, 5.74) is 2.40. The molecule has 0 fully saturated rings. The summed E-state index contributed by atoms with van der Waals surface area (Å²) in [6, 6.07) is 4.23. The van der Waals surface area contributed by atoms with Crippen molar-refractivity contribution in [1.29, 1.82) is 0 Å². The van der Waals surface area contributed by atoms with Crippen molar-refractivity contribution in [3.8, 4) is 5.75 Å². The van der Waals surface area contributed by atoms with E-state index in [4.69, 9.17) is 4.74 Å². The number of nitrogens with zero attached hydrogens (tertiary/aromatic N) is 2. The number of aromatic nitrogens is 2. The summed E-state index contributed by atoms with van der Waals surface area (Å²) < 4.78 is 7.20. The first-order valence-corrected chi connectivity index (χ1v) is 4.75. The van der Waals surface area contributed by atoms with Crippen LogP contribution in [0.2, 0.25) is 0 Å². The summed E-state index contributed by atoms with van der Waals surface area (Å²) in [5.74, 6) is 0.910. The van der Waals surface area contributed by atoms with Crippen molar-refractivity contribution in [2.24, 2.45) is 7.05 Å². The van der Waals surface area contributed by atoms with Crippen LogP contribution in [-0.4, -0.2) is 16.9 Å². The first-order valence-electron chi connectivity index (χ1n) is 4.75. The van der Waals surface area contributed by atoms with Crippen molar-refractivity contribution >= 4 is 10.9 Å².